The summed E-state index contributed by atoms with van der Waals surface area (Å²) in [4.78, 5) is 17.3. The van der Waals surface area contributed by atoms with Crippen molar-refractivity contribution in [3.8, 4) is 6.07 Å². The molecule has 0 spiro atoms. The Kier molecular flexibility index (Phi) is 4.24. The van der Waals surface area contributed by atoms with E-state index in [0.717, 1.165) is 22.2 Å². The van der Waals surface area contributed by atoms with Gasteiger partial charge in [0.05, 0.1) is 17.6 Å². The highest BCUT2D eigenvalue weighted by atomic mass is 79.9. The number of hydrogen-bond acceptors (Lipinski definition) is 4. The van der Waals surface area contributed by atoms with Gasteiger partial charge in [-0.1, -0.05) is 41.9 Å². The Morgan fingerprint density at radius 2 is 1.91 bits per heavy atom. The lowest BCUT2D eigenvalue weighted by Gasteiger charge is -2.40. The quantitative estimate of drug-likeness (QED) is 0.711. The number of halogens is 1. The maximum absolute atomic E-state index is 12.8. The molecule has 0 aromatic heterocycles. The first-order valence-electron chi connectivity index (χ1n) is 7.51. The molecule has 1 fully saturated rings. The van der Waals surface area contributed by atoms with Gasteiger partial charge in [-0.3, -0.25) is 4.79 Å². The molecule has 5 heteroatoms. The van der Waals surface area contributed by atoms with Crippen molar-refractivity contribution in [3.05, 3.63) is 44.9 Å². The molecule has 0 amide bonds. The molecule has 0 N–H and O–H groups in total. The molecule has 0 radical (unpaired) electrons. The zero-order valence-corrected chi connectivity index (χ0v) is 15.5. The van der Waals surface area contributed by atoms with Crippen LogP contribution in [0.15, 0.2) is 44.3 Å². The molecule has 1 unspecified atom stereocenters. The van der Waals surface area contributed by atoms with Crippen molar-refractivity contribution < 1.29 is 4.79 Å². The molecule has 0 bridgehead atoms. The lowest BCUT2D eigenvalue weighted by atomic mass is 9.64. The Morgan fingerprint density at radius 3 is 2.52 bits per heavy atom. The summed E-state index contributed by atoms with van der Waals surface area (Å²) < 4.78 is 0.968. The smallest absolute Gasteiger partial charge is 0.143 e. The minimum atomic E-state index is -0.338. The number of thiol groups is 1. The Labute approximate surface area is 150 Å². The minimum absolute atomic E-state index is 0.0884. The number of Topliss-reactive ketones (excluding diaryl/α,β-unsaturated/α-hetero) is 1. The van der Waals surface area contributed by atoms with Gasteiger partial charge >= 0.3 is 0 Å². The fourth-order valence-corrected chi connectivity index (χ4v) is 4.15. The summed E-state index contributed by atoms with van der Waals surface area (Å²) in [6.07, 6.45) is 1.28. The van der Waals surface area contributed by atoms with E-state index in [4.69, 9.17) is 0 Å². The third-order valence-corrected chi connectivity index (χ3v) is 5.37. The van der Waals surface area contributed by atoms with Gasteiger partial charge in [0.1, 0.15) is 10.8 Å². The molecule has 0 saturated heterocycles. The normalized spacial score (nSPS) is 26.4. The Bertz CT molecular complexity index is 771. The van der Waals surface area contributed by atoms with Gasteiger partial charge in [0.15, 0.2) is 0 Å². The first-order valence-corrected chi connectivity index (χ1v) is 8.75. The van der Waals surface area contributed by atoms with Gasteiger partial charge < -0.3 is 0 Å². The molecule has 1 aliphatic heterocycles. The average Bonchev–Trinajstić information content (AvgIpc) is 2.45. The van der Waals surface area contributed by atoms with E-state index in [-0.39, 0.29) is 23.0 Å². The molecule has 3 rings (SSSR count). The van der Waals surface area contributed by atoms with E-state index in [2.05, 4.69) is 53.5 Å². The Hall–Kier alpha value is -1.38. The number of allylic oxidation sites excluding steroid dienone is 1. The standard InChI is InChI=1S/C18H17BrN2OS/c1-18(2)7-13-16(14(22)8-18)15(12(9-20)17(23)21-13)10-3-5-11(19)6-4-10/h3-6,15-16,23H,7-8H2,1-2H3/t15-,16?/m0/s1. The van der Waals surface area contributed by atoms with Crippen LogP contribution in [0.3, 0.4) is 0 Å². The van der Waals surface area contributed by atoms with E-state index < -0.39 is 0 Å². The summed E-state index contributed by atoms with van der Waals surface area (Å²) in [5.41, 5.74) is 2.22. The van der Waals surface area contributed by atoms with Crippen LogP contribution in [-0.2, 0) is 4.79 Å². The van der Waals surface area contributed by atoms with E-state index in [0.29, 0.717) is 17.0 Å². The molecular formula is C18H17BrN2OS. The fraction of sp³-hybridized carbons (Fsp3) is 0.389. The van der Waals surface area contributed by atoms with E-state index >= 15 is 0 Å². The van der Waals surface area contributed by atoms with E-state index in [1.54, 1.807) is 0 Å². The van der Waals surface area contributed by atoms with Gasteiger partial charge in [0, 0.05) is 22.5 Å². The van der Waals surface area contributed by atoms with Crippen LogP contribution in [0.1, 0.15) is 38.2 Å². The summed E-state index contributed by atoms with van der Waals surface area (Å²) >= 11 is 7.84. The molecule has 1 aromatic carbocycles. The molecule has 1 heterocycles. The van der Waals surface area contributed by atoms with Crippen LogP contribution in [0.25, 0.3) is 0 Å². The van der Waals surface area contributed by atoms with Crippen LogP contribution in [-0.4, -0.2) is 11.5 Å². The van der Waals surface area contributed by atoms with E-state index in [9.17, 15) is 10.1 Å². The van der Waals surface area contributed by atoms with Gasteiger partial charge in [0.25, 0.3) is 0 Å². The van der Waals surface area contributed by atoms with Crippen LogP contribution < -0.4 is 0 Å². The molecule has 1 aliphatic carbocycles. The lowest BCUT2D eigenvalue weighted by molar-refractivity contribution is -0.124. The monoisotopic (exact) mass is 388 g/mol. The molecule has 2 aliphatic rings. The van der Waals surface area contributed by atoms with Crippen LogP contribution in [0, 0.1) is 22.7 Å². The van der Waals surface area contributed by atoms with Crippen molar-refractivity contribution in [1.82, 2.24) is 0 Å². The first-order chi connectivity index (χ1) is 10.8. The number of nitriles is 1. The molecule has 1 saturated carbocycles. The number of ketones is 1. The third kappa shape index (κ3) is 3.02. The largest absolute Gasteiger partial charge is 0.299 e. The highest BCUT2D eigenvalue weighted by Gasteiger charge is 2.46. The van der Waals surface area contributed by atoms with Gasteiger partial charge in [0.2, 0.25) is 0 Å². The second-order valence-electron chi connectivity index (χ2n) is 6.94. The third-order valence-electron chi connectivity index (χ3n) is 4.50. The zero-order valence-electron chi connectivity index (χ0n) is 13.0. The summed E-state index contributed by atoms with van der Waals surface area (Å²) in [5, 5.41) is 10.0. The molecular weight excluding hydrogens is 372 g/mol. The van der Waals surface area contributed by atoms with Gasteiger partial charge in [-0.2, -0.15) is 5.26 Å². The lowest BCUT2D eigenvalue weighted by Crippen LogP contribution is -2.42. The number of carbonyl (C=O) groups is 1. The number of fused-ring (bicyclic) bond motifs is 1. The highest BCUT2D eigenvalue weighted by Crippen LogP contribution is 2.47. The summed E-state index contributed by atoms with van der Waals surface area (Å²) in [6, 6.07) is 10.0. The highest BCUT2D eigenvalue weighted by molar-refractivity contribution is 9.10. The van der Waals surface area contributed by atoms with Crippen molar-refractivity contribution in [3.63, 3.8) is 0 Å². The number of aliphatic imine (C=N–C) groups is 1. The maximum Gasteiger partial charge on any atom is 0.143 e. The summed E-state index contributed by atoms with van der Waals surface area (Å²) in [6.45, 7) is 4.17. The second kappa shape index (κ2) is 5.92. The number of hydrogen-bond donors (Lipinski definition) is 1. The van der Waals surface area contributed by atoms with Crippen molar-refractivity contribution in [2.75, 3.05) is 0 Å². The van der Waals surface area contributed by atoms with Crippen molar-refractivity contribution in [2.45, 2.75) is 32.6 Å². The van der Waals surface area contributed by atoms with Crippen LogP contribution >= 0.6 is 28.6 Å². The second-order valence-corrected chi connectivity index (χ2v) is 8.28. The minimum Gasteiger partial charge on any atom is -0.299 e. The van der Waals surface area contributed by atoms with E-state index in [1.807, 2.05) is 24.3 Å². The topological polar surface area (TPSA) is 53.2 Å². The first kappa shape index (κ1) is 16.5. The maximum atomic E-state index is 12.8. The number of rotatable bonds is 1. The molecule has 118 valence electrons. The van der Waals surface area contributed by atoms with Crippen molar-refractivity contribution in [2.24, 2.45) is 16.3 Å². The predicted molar refractivity (Wildman–Crippen MR) is 97.5 cm³/mol. The molecule has 2 atom stereocenters. The van der Waals surface area contributed by atoms with Gasteiger partial charge in [-0.05, 0) is 29.5 Å². The zero-order chi connectivity index (χ0) is 16.8. The van der Waals surface area contributed by atoms with E-state index in [1.165, 1.54) is 0 Å². The summed E-state index contributed by atoms with van der Waals surface area (Å²) in [5.74, 6) is -0.451. The number of nitrogens with zero attached hydrogens (tertiary/aromatic N) is 2. The molecule has 1 aromatic rings. The number of benzene rings is 1. The Morgan fingerprint density at radius 1 is 1.26 bits per heavy atom. The van der Waals surface area contributed by atoms with Gasteiger partial charge in [-0.15, -0.1) is 12.6 Å². The molecule has 3 nitrogen and oxygen atoms in total. The number of carbonyl (C=O) groups excluding carboxylic acids is 1. The van der Waals surface area contributed by atoms with Crippen LogP contribution in [0.5, 0.6) is 0 Å². The average molecular weight is 389 g/mol. The van der Waals surface area contributed by atoms with Crippen molar-refractivity contribution in [1.29, 1.82) is 5.26 Å². The van der Waals surface area contributed by atoms with Crippen LogP contribution in [0.4, 0.5) is 0 Å². The predicted octanol–water partition coefficient (Wildman–Crippen LogP) is 4.66. The molecule has 23 heavy (non-hydrogen) atoms. The summed E-state index contributed by atoms with van der Waals surface area (Å²) in [7, 11) is 0. The van der Waals surface area contributed by atoms with Crippen molar-refractivity contribution >= 4 is 40.1 Å². The fourth-order valence-electron chi connectivity index (χ4n) is 3.57. The van der Waals surface area contributed by atoms with Crippen LogP contribution in [0.2, 0.25) is 0 Å². The Balaban J connectivity index is 2.14. The van der Waals surface area contributed by atoms with Gasteiger partial charge in [-0.25, -0.2) is 4.99 Å². The SMILES string of the molecule is CC1(C)CC(=O)C2C(=NC(S)=C(C#N)[C@@H]2c2ccc(Br)cc2)C1.